The summed E-state index contributed by atoms with van der Waals surface area (Å²) >= 11 is 0. The second-order valence-corrected chi connectivity index (χ2v) is 11.5. The third-order valence-electron chi connectivity index (χ3n) is 4.12. The molecule has 0 aliphatic carbocycles. The van der Waals surface area contributed by atoms with Gasteiger partial charge in [0, 0.05) is 6.20 Å². The molecule has 0 spiro atoms. The number of carbonyl (C=O) groups is 1. The zero-order valence-corrected chi connectivity index (χ0v) is 16.0. The number of aliphatic hydroxyl groups is 2. The lowest BCUT2D eigenvalue weighted by Gasteiger charge is -2.19. The van der Waals surface area contributed by atoms with Crippen LogP contribution in [0.2, 0.25) is 0 Å². The van der Waals surface area contributed by atoms with E-state index in [1.54, 1.807) is 0 Å². The van der Waals surface area contributed by atoms with Gasteiger partial charge in [0.2, 0.25) is 0 Å². The molecule has 9 heteroatoms. The molecule has 144 valence electrons. The summed E-state index contributed by atoms with van der Waals surface area (Å²) in [6, 6.07) is 0. The molecule has 2 heterocycles. The number of allylic oxidation sites excluding steroid dienone is 1. The first-order chi connectivity index (χ1) is 12.0. The van der Waals surface area contributed by atoms with Gasteiger partial charge in [-0.15, -0.1) is 13.2 Å². The van der Waals surface area contributed by atoms with Crippen LogP contribution in [-0.2, 0) is 9.53 Å². The number of nitrogens with one attached hydrogen (secondary N) is 1. The van der Waals surface area contributed by atoms with Crippen LogP contribution in [0.1, 0.15) is 25.1 Å². The van der Waals surface area contributed by atoms with Gasteiger partial charge >= 0.3 is 5.69 Å². The fraction of sp³-hybridized carbons (Fsp3) is 0.529. The molecular weight excluding hydrogens is 359 g/mol. The number of aromatic nitrogens is 2. The number of rotatable bonds is 6. The van der Waals surface area contributed by atoms with Crippen LogP contribution in [0.25, 0.3) is 6.08 Å². The molecule has 8 nitrogen and oxygen atoms in total. The molecule has 1 fully saturated rings. The van der Waals surface area contributed by atoms with Crippen molar-refractivity contribution in [3.05, 3.63) is 38.7 Å². The number of carbonyl (C=O) groups excluding carboxylic acids is 1. The van der Waals surface area contributed by atoms with E-state index in [4.69, 9.17) is 4.74 Å². The van der Waals surface area contributed by atoms with E-state index < -0.39 is 42.7 Å². The van der Waals surface area contributed by atoms with Crippen molar-refractivity contribution < 1.29 is 19.7 Å². The van der Waals surface area contributed by atoms with Crippen molar-refractivity contribution in [3.63, 3.8) is 0 Å². The highest BCUT2D eigenvalue weighted by atomic mass is 31.2. The minimum absolute atomic E-state index is 0.0679. The van der Waals surface area contributed by atoms with Crippen LogP contribution in [0.4, 0.5) is 0 Å². The monoisotopic (exact) mass is 384 g/mol. The molecule has 3 N–H and O–H groups in total. The highest BCUT2D eigenvalue weighted by Crippen LogP contribution is 2.39. The average molecular weight is 384 g/mol. The molecule has 1 aliphatic heterocycles. The van der Waals surface area contributed by atoms with E-state index in [9.17, 15) is 24.6 Å². The van der Waals surface area contributed by atoms with Gasteiger partial charge in [-0.05, 0) is 45.0 Å². The fourth-order valence-electron chi connectivity index (χ4n) is 2.69. The number of aromatic amines is 1. The fourth-order valence-corrected chi connectivity index (χ4v) is 3.64. The second kappa shape index (κ2) is 7.88. The van der Waals surface area contributed by atoms with Crippen LogP contribution in [0.5, 0.6) is 0 Å². The lowest BCUT2D eigenvalue weighted by atomic mass is 10.1. The topological polar surface area (TPSA) is 122 Å². The summed E-state index contributed by atoms with van der Waals surface area (Å²) in [6.07, 6.45) is 4.83. The number of nitrogens with zero attached hydrogens (tertiary/aromatic N) is 1. The van der Waals surface area contributed by atoms with Crippen molar-refractivity contribution in [3.8, 4) is 0 Å². The molecule has 1 aromatic heterocycles. The molecule has 1 saturated heterocycles. The first-order valence-corrected chi connectivity index (χ1v) is 11.3. The van der Waals surface area contributed by atoms with Crippen LogP contribution in [0, 0.1) is 0 Å². The normalized spacial score (nSPS) is 26.5. The van der Waals surface area contributed by atoms with Crippen molar-refractivity contribution in [1.29, 1.82) is 0 Å². The molecular formula is C17H25N2O6P. The van der Waals surface area contributed by atoms with E-state index in [1.165, 1.54) is 25.3 Å². The standard InChI is InChI=1S/C17H25N2O6P/c1-10(20)5-6-11-9-19(17(24)18-15(11)23)16-14(22)13(21)12(25-16)7-8-26(2,3)4/h5-6,9,12-14,16,21-22H,2,7-8H2,1,3-4H3,(H,18,23,24)/b6-5+/t12?,13-,14-,16?/m1/s1. The Balaban J connectivity index is 2.31. The van der Waals surface area contributed by atoms with Crippen molar-refractivity contribution >= 4 is 25.0 Å². The summed E-state index contributed by atoms with van der Waals surface area (Å²) in [4.78, 5) is 37.2. The Labute approximate surface area is 151 Å². The molecule has 1 aromatic rings. The van der Waals surface area contributed by atoms with E-state index in [1.807, 2.05) is 0 Å². The molecule has 0 amide bonds. The van der Waals surface area contributed by atoms with Crippen molar-refractivity contribution in [1.82, 2.24) is 9.55 Å². The third-order valence-corrected chi connectivity index (χ3v) is 5.59. The SMILES string of the molecule is C=P(C)(C)CCC1OC(n2cc(/C=C/C(C)=O)c(=O)[nH]c2=O)[C@H](O)[C@@H]1O. The van der Waals surface area contributed by atoms with Gasteiger partial charge in [-0.2, -0.15) is 0 Å². The highest BCUT2D eigenvalue weighted by Gasteiger charge is 2.43. The lowest BCUT2D eigenvalue weighted by molar-refractivity contribution is -0.112. The second-order valence-electron chi connectivity index (χ2n) is 7.19. The zero-order valence-electron chi connectivity index (χ0n) is 15.1. The van der Waals surface area contributed by atoms with Gasteiger partial charge in [0.05, 0.1) is 11.7 Å². The number of hydrogen-bond donors (Lipinski definition) is 3. The summed E-state index contributed by atoms with van der Waals surface area (Å²) in [5, 5.41) is 20.6. The van der Waals surface area contributed by atoms with Crippen LogP contribution in [-0.4, -0.2) is 69.7 Å². The van der Waals surface area contributed by atoms with Gasteiger partial charge in [0.1, 0.15) is 12.2 Å². The van der Waals surface area contributed by atoms with Crippen LogP contribution < -0.4 is 11.2 Å². The molecule has 0 aromatic carbocycles. The van der Waals surface area contributed by atoms with Gasteiger partial charge in [-0.1, -0.05) is 0 Å². The molecule has 0 radical (unpaired) electrons. The number of H-pyrrole nitrogens is 1. The maximum Gasteiger partial charge on any atom is 0.330 e. The summed E-state index contributed by atoms with van der Waals surface area (Å²) in [7, 11) is 0. The Hall–Kier alpha value is -1.73. The van der Waals surface area contributed by atoms with E-state index in [0.29, 0.717) is 6.42 Å². The van der Waals surface area contributed by atoms with Gasteiger partial charge in [0.25, 0.3) is 5.56 Å². The predicted octanol–water partition coefficient (Wildman–Crippen LogP) is -0.143. The average Bonchev–Trinajstić information content (AvgIpc) is 2.79. The van der Waals surface area contributed by atoms with Crippen LogP contribution >= 0.6 is 6.89 Å². The van der Waals surface area contributed by atoms with E-state index in [0.717, 1.165) is 10.7 Å². The molecule has 2 unspecified atom stereocenters. The van der Waals surface area contributed by atoms with Crippen molar-refractivity contribution in [2.24, 2.45) is 0 Å². The van der Waals surface area contributed by atoms with Gasteiger partial charge < -0.3 is 14.9 Å². The maximum atomic E-state index is 12.1. The Morgan fingerprint density at radius 2 is 2.04 bits per heavy atom. The largest absolute Gasteiger partial charge is 0.388 e. The number of aliphatic hydroxyl groups excluding tert-OH is 2. The highest BCUT2D eigenvalue weighted by molar-refractivity contribution is 7.72. The van der Waals surface area contributed by atoms with E-state index in [2.05, 4.69) is 24.6 Å². The third kappa shape index (κ3) is 4.92. The number of ketones is 1. The Bertz CT molecular complexity index is 865. The number of hydrogen-bond acceptors (Lipinski definition) is 6. The minimum Gasteiger partial charge on any atom is -0.388 e. The Morgan fingerprint density at radius 1 is 1.38 bits per heavy atom. The smallest absolute Gasteiger partial charge is 0.330 e. The zero-order chi connectivity index (χ0) is 19.6. The molecule has 1 aliphatic rings. The molecule has 2 rings (SSSR count). The van der Waals surface area contributed by atoms with Crippen LogP contribution in [0.3, 0.4) is 0 Å². The van der Waals surface area contributed by atoms with E-state index >= 15 is 0 Å². The maximum absolute atomic E-state index is 12.1. The molecule has 0 saturated carbocycles. The van der Waals surface area contributed by atoms with Crippen LogP contribution in [0.15, 0.2) is 21.9 Å². The Morgan fingerprint density at radius 3 is 2.62 bits per heavy atom. The summed E-state index contributed by atoms with van der Waals surface area (Å²) in [6.45, 7) is 4.12. The van der Waals surface area contributed by atoms with Gasteiger partial charge in [-0.25, -0.2) is 4.79 Å². The first-order valence-electron chi connectivity index (χ1n) is 8.22. The summed E-state index contributed by atoms with van der Waals surface area (Å²) in [5.41, 5.74) is -1.35. The molecule has 26 heavy (non-hydrogen) atoms. The molecule has 0 bridgehead atoms. The number of ether oxygens (including phenoxy) is 1. The predicted molar refractivity (Wildman–Crippen MR) is 102 cm³/mol. The van der Waals surface area contributed by atoms with Crippen molar-refractivity contribution in [2.45, 2.75) is 37.9 Å². The Kier molecular flexibility index (Phi) is 6.24. The van der Waals surface area contributed by atoms with Gasteiger partial charge in [-0.3, -0.25) is 19.1 Å². The summed E-state index contributed by atoms with van der Waals surface area (Å²) in [5.74, 6) is -0.256. The minimum atomic E-state index is -1.33. The lowest BCUT2D eigenvalue weighted by Crippen LogP contribution is -2.38. The van der Waals surface area contributed by atoms with Gasteiger partial charge in [0.15, 0.2) is 12.0 Å². The molecule has 4 atom stereocenters. The quantitative estimate of drug-likeness (QED) is 0.464. The van der Waals surface area contributed by atoms with Crippen molar-refractivity contribution in [2.75, 3.05) is 19.5 Å². The summed E-state index contributed by atoms with van der Waals surface area (Å²) < 4.78 is 6.74. The van der Waals surface area contributed by atoms with E-state index in [-0.39, 0.29) is 11.3 Å². The first kappa shape index (κ1) is 20.6.